The highest BCUT2D eigenvalue weighted by Crippen LogP contribution is 2.29. The fourth-order valence-corrected chi connectivity index (χ4v) is 2.74. The number of aryl methyl sites for hydroxylation is 2. The number of anilines is 2. The van der Waals surface area contributed by atoms with Gasteiger partial charge in [0.1, 0.15) is 10.6 Å². The lowest BCUT2D eigenvalue weighted by Crippen LogP contribution is -2.06. The quantitative estimate of drug-likeness (QED) is 0.762. The Morgan fingerprint density at radius 2 is 2.10 bits per heavy atom. The number of fused-ring (bicyclic) bond motifs is 1. The van der Waals surface area contributed by atoms with Crippen molar-refractivity contribution < 1.29 is 4.52 Å². The van der Waals surface area contributed by atoms with Gasteiger partial charge >= 0.3 is 0 Å². The van der Waals surface area contributed by atoms with E-state index in [4.69, 9.17) is 4.52 Å². The topological polar surface area (TPSA) is 88.8 Å². The third kappa shape index (κ3) is 2.42. The maximum absolute atomic E-state index is 4.95. The van der Waals surface area contributed by atoms with Crippen LogP contribution in [-0.2, 0) is 6.54 Å². The molecular weight excluding hydrogens is 276 g/mol. The molecule has 3 heterocycles. The molecule has 2 N–H and O–H groups in total. The number of nitrogens with zero attached hydrogens (tertiary/aromatic N) is 4. The molecular formula is C12H14N6OS. The molecule has 0 saturated heterocycles. The van der Waals surface area contributed by atoms with Crippen LogP contribution in [-0.4, -0.2) is 27.2 Å². The number of nitrogens with one attached hydrogen (secondary N) is 2. The lowest BCUT2D eigenvalue weighted by Gasteiger charge is -2.06. The van der Waals surface area contributed by atoms with Crippen LogP contribution < -0.4 is 10.6 Å². The number of hydrogen-bond acceptors (Lipinski definition) is 8. The summed E-state index contributed by atoms with van der Waals surface area (Å²) in [7, 11) is 1.80. The van der Waals surface area contributed by atoms with Gasteiger partial charge in [0.25, 0.3) is 0 Å². The number of aromatic nitrogens is 4. The molecule has 0 aromatic carbocycles. The largest absolute Gasteiger partial charge is 0.362 e. The molecule has 20 heavy (non-hydrogen) atoms. The summed E-state index contributed by atoms with van der Waals surface area (Å²) < 4.78 is 4.95. The van der Waals surface area contributed by atoms with E-state index < -0.39 is 0 Å². The van der Waals surface area contributed by atoms with Crippen molar-refractivity contribution in [2.45, 2.75) is 20.4 Å². The molecule has 0 saturated carbocycles. The Kier molecular flexibility index (Phi) is 3.23. The van der Waals surface area contributed by atoms with Gasteiger partial charge in [0.2, 0.25) is 11.8 Å². The van der Waals surface area contributed by atoms with Gasteiger partial charge in [-0.3, -0.25) is 0 Å². The molecule has 0 fully saturated rings. The lowest BCUT2D eigenvalue weighted by molar-refractivity contribution is 0.388. The highest BCUT2D eigenvalue weighted by atomic mass is 32.1. The van der Waals surface area contributed by atoms with Crippen LogP contribution in [0.25, 0.3) is 10.2 Å². The first-order chi connectivity index (χ1) is 9.65. The van der Waals surface area contributed by atoms with Crippen molar-refractivity contribution in [2.75, 3.05) is 17.7 Å². The van der Waals surface area contributed by atoms with Crippen LogP contribution in [0, 0.1) is 13.8 Å². The van der Waals surface area contributed by atoms with Gasteiger partial charge < -0.3 is 15.2 Å². The zero-order valence-electron chi connectivity index (χ0n) is 11.4. The van der Waals surface area contributed by atoms with E-state index in [9.17, 15) is 0 Å². The summed E-state index contributed by atoms with van der Waals surface area (Å²) in [4.78, 5) is 15.2. The maximum atomic E-state index is 4.95. The van der Waals surface area contributed by atoms with E-state index in [1.165, 1.54) is 4.88 Å². The summed E-state index contributed by atoms with van der Waals surface area (Å²) in [6.07, 6.45) is 0. The van der Waals surface area contributed by atoms with Crippen LogP contribution in [0.2, 0.25) is 0 Å². The Balaban J connectivity index is 1.92. The van der Waals surface area contributed by atoms with E-state index in [0.717, 1.165) is 16.0 Å². The first-order valence-corrected chi connectivity index (χ1v) is 6.96. The van der Waals surface area contributed by atoms with Crippen molar-refractivity contribution in [1.82, 2.24) is 20.1 Å². The van der Waals surface area contributed by atoms with Crippen LogP contribution in [0.5, 0.6) is 0 Å². The van der Waals surface area contributed by atoms with E-state index in [2.05, 4.69) is 43.7 Å². The minimum Gasteiger partial charge on any atom is -0.362 e. The minimum absolute atomic E-state index is 0.460. The Morgan fingerprint density at radius 1 is 1.25 bits per heavy atom. The van der Waals surface area contributed by atoms with E-state index in [1.807, 2.05) is 0 Å². The van der Waals surface area contributed by atoms with Crippen LogP contribution in [0.4, 0.5) is 11.8 Å². The highest BCUT2D eigenvalue weighted by Gasteiger charge is 2.11. The molecule has 3 aromatic heterocycles. The van der Waals surface area contributed by atoms with Crippen molar-refractivity contribution in [2.24, 2.45) is 0 Å². The fraction of sp³-hybridized carbons (Fsp3) is 0.333. The van der Waals surface area contributed by atoms with E-state index in [0.29, 0.717) is 24.2 Å². The average Bonchev–Trinajstić information content (AvgIpc) is 3.00. The third-order valence-corrected chi connectivity index (χ3v) is 3.67. The van der Waals surface area contributed by atoms with Crippen LogP contribution in [0.3, 0.4) is 0 Å². The second-order valence-electron chi connectivity index (χ2n) is 4.30. The summed E-state index contributed by atoms with van der Waals surface area (Å²) in [5.41, 5.74) is 0. The zero-order chi connectivity index (χ0) is 14.1. The van der Waals surface area contributed by atoms with Crippen LogP contribution in [0.1, 0.15) is 16.6 Å². The molecule has 0 aliphatic rings. The van der Waals surface area contributed by atoms with Crippen molar-refractivity contribution >= 4 is 33.3 Å². The van der Waals surface area contributed by atoms with E-state index in [1.54, 1.807) is 25.3 Å². The summed E-state index contributed by atoms with van der Waals surface area (Å²) >= 11 is 1.64. The predicted octanol–water partition coefficient (Wildman–Crippen LogP) is 2.34. The average molecular weight is 290 g/mol. The Labute approximate surface area is 119 Å². The molecule has 104 valence electrons. The molecule has 0 aliphatic carbocycles. The summed E-state index contributed by atoms with van der Waals surface area (Å²) in [5, 5.41) is 11.1. The maximum Gasteiger partial charge on any atom is 0.225 e. The second-order valence-corrected chi connectivity index (χ2v) is 5.54. The van der Waals surface area contributed by atoms with Gasteiger partial charge in [-0.2, -0.15) is 9.97 Å². The fourth-order valence-electron chi connectivity index (χ4n) is 1.86. The van der Waals surface area contributed by atoms with Gasteiger partial charge in [0.15, 0.2) is 5.82 Å². The lowest BCUT2D eigenvalue weighted by atomic mass is 10.3. The molecule has 8 heteroatoms. The minimum atomic E-state index is 0.460. The van der Waals surface area contributed by atoms with Gasteiger partial charge in [-0.15, -0.1) is 11.3 Å². The van der Waals surface area contributed by atoms with Gasteiger partial charge in [0, 0.05) is 18.8 Å². The first kappa shape index (κ1) is 12.8. The number of hydrogen-bond donors (Lipinski definition) is 2. The van der Waals surface area contributed by atoms with Gasteiger partial charge in [-0.25, -0.2) is 4.98 Å². The molecule has 0 aliphatic heterocycles. The molecule has 0 amide bonds. The Bertz CT molecular complexity index is 750. The molecule has 0 atom stereocenters. The molecule has 0 radical (unpaired) electrons. The number of thiophene rings is 1. The van der Waals surface area contributed by atoms with Gasteiger partial charge in [-0.05, 0) is 13.0 Å². The van der Waals surface area contributed by atoms with Crippen LogP contribution in [0.15, 0.2) is 10.6 Å². The molecule has 7 nitrogen and oxygen atoms in total. The SMILES string of the molecule is CNc1nc(NCc2noc(C)n2)c2cc(C)sc2n1. The standard InChI is InChI=1S/C12H14N6OS/c1-6-4-8-10(14-5-9-15-7(2)19-18-9)16-12(13-3)17-11(8)20-6/h4H,5H2,1-3H3,(H2,13,14,16,17). The Morgan fingerprint density at radius 3 is 2.80 bits per heavy atom. The van der Waals surface area contributed by atoms with Crippen molar-refractivity contribution in [3.63, 3.8) is 0 Å². The van der Waals surface area contributed by atoms with E-state index >= 15 is 0 Å². The second kappa shape index (κ2) is 5.04. The smallest absolute Gasteiger partial charge is 0.225 e. The normalized spacial score (nSPS) is 10.9. The predicted molar refractivity (Wildman–Crippen MR) is 78.1 cm³/mol. The van der Waals surface area contributed by atoms with Crippen LogP contribution >= 0.6 is 11.3 Å². The van der Waals surface area contributed by atoms with Crippen molar-refractivity contribution in [3.8, 4) is 0 Å². The molecule has 0 bridgehead atoms. The van der Waals surface area contributed by atoms with Crippen molar-refractivity contribution in [1.29, 1.82) is 0 Å². The van der Waals surface area contributed by atoms with Crippen molar-refractivity contribution in [3.05, 3.63) is 22.7 Å². The van der Waals surface area contributed by atoms with Gasteiger partial charge in [-0.1, -0.05) is 5.16 Å². The summed E-state index contributed by atoms with van der Waals surface area (Å²) in [5.74, 6) is 2.52. The molecule has 3 aromatic rings. The first-order valence-electron chi connectivity index (χ1n) is 6.14. The number of rotatable bonds is 4. The monoisotopic (exact) mass is 290 g/mol. The molecule has 0 unspecified atom stereocenters. The molecule has 3 rings (SSSR count). The molecule has 0 spiro atoms. The van der Waals surface area contributed by atoms with Gasteiger partial charge in [0.05, 0.1) is 11.9 Å². The van der Waals surface area contributed by atoms with E-state index in [-0.39, 0.29) is 0 Å². The zero-order valence-corrected chi connectivity index (χ0v) is 12.2. The Hall–Kier alpha value is -2.22. The highest BCUT2D eigenvalue weighted by molar-refractivity contribution is 7.18. The third-order valence-electron chi connectivity index (χ3n) is 2.72. The summed E-state index contributed by atoms with van der Waals surface area (Å²) in [6.45, 7) is 4.28. The summed E-state index contributed by atoms with van der Waals surface area (Å²) in [6, 6.07) is 2.07.